The number of hydrogen-bond acceptors (Lipinski definition) is 5. The smallest absolute Gasteiger partial charge is 0.341 e. The SMILES string of the molecule is O=C(O)COc1ccccc1/C=C1\SC(=O)N(Cc2ccccc2Br)C1=O. The third-order valence-electron chi connectivity index (χ3n) is 3.72. The van der Waals surface area contributed by atoms with Crippen molar-refractivity contribution in [1.82, 2.24) is 4.90 Å². The average Bonchev–Trinajstić information content (AvgIpc) is 2.90. The van der Waals surface area contributed by atoms with Gasteiger partial charge in [0.2, 0.25) is 0 Å². The van der Waals surface area contributed by atoms with Gasteiger partial charge in [-0.25, -0.2) is 4.79 Å². The monoisotopic (exact) mass is 447 g/mol. The summed E-state index contributed by atoms with van der Waals surface area (Å²) in [7, 11) is 0. The van der Waals surface area contributed by atoms with Crippen LogP contribution in [0, 0.1) is 0 Å². The normalized spacial score (nSPS) is 15.4. The number of rotatable bonds is 6. The van der Waals surface area contributed by atoms with Gasteiger partial charge in [0.15, 0.2) is 6.61 Å². The molecule has 0 aromatic heterocycles. The maximum absolute atomic E-state index is 12.7. The zero-order valence-corrected chi connectivity index (χ0v) is 16.3. The van der Waals surface area contributed by atoms with E-state index in [0.29, 0.717) is 11.3 Å². The Bertz CT molecular complexity index is 943. The minimum Gasteiger partial charge on any atom is -0.481 e. The number of hydrogen-bond donors (Lipinski definition) is 1. The summed E-state index contributed by atoms with van der Waals surface area (Å²) in [6.07, 6.45) is 1.54. The zero-order valence-electron chi connectivity index (χ0n) is 13.9. The molecule has 0 radical (unpaired) electrons. The quantitative estimate of drug-likeness (QED) is 0.669. The summed E-state index contributed by atoms with van der Waals surface area (Å²) in [5.41, 5.74) is 1.36. The first-order valence-electron chi connectivity index (χ1n) is 7.88. The van der Waals surface area contributed by atoms with E-state index in [4.69, 9.17) is 9.84 Å². The Kier molecular flexibility index (Phi) is 5.98. The maximum Gasteiger partial charge on any atom is 0.341 e. The van der Waals surface area contributed by atoms with Gasteiger partial charge < -0.3 is 9.84 Å². The van der Waals surface area contributed by atoms with Crippen LogP contribution in [0.2, 0.25) is 0 Å². The van der Waals surface area contributed by atoms with Crippen LogP contribution in [-0.2, 0) is 16.1 Å². The number of para-hydroxylation sites is 1. The van der Waals surface area contributed by atoms with Crippen LogP contribution in [0.1, 0.15) is 11.1 Å². The summed E-state index contributed by atoms with van der Waals surface area (Å²) in [4.78, 5) is 37.1. The molecular weight excluding hydrogens is 434 g/mol. The molecule has 0 unspecified atom stereocenters. The van der Waals surface area contributed by atoms with Crippen molar-refractivity contribution in [2.24, 2.45) is 0 Å². The Morgan fingerprint density at radius 3 is 2.59 bits per heavy atom. The molecule has 2 amide bonds. The molecule has 3 rings (SSSR count). The Hall–Kier alpha value is -2.58. The van der Waals surface area contributed by atoms with Crippen LogP contribution in [-0.4, -0.2) is 33.7 Å². The Labute approximate surface area is 167 Å². The van der Waals surface area contributed by atoms with Crippen molar-refractivity contribution in [1.29, 1.82) is 0 Å². The van der Waals surface area contributed by atoms with Crippen LogP contribution in [0.25, 0.3) is 6.08 Å². The first kappa shape index (κ1) is 19.2. The summed E-state index contributed by atoms with van der Waals surface area (Å²) in [6.45, 7) is -0.324. The highest BCUT2D eigenvalue weighted by atomic mass is 79.9. The number of carboxylic acids is 1. The Morgan fingerprint density at radius 2 is 1.85 bits per heavy atom. The first-order chi connectivity index (χ1) is 13.0. The van der Waals surface area contributed by atoms with Crippen molar-refractivity contribution < 1.29 is 24.2 Å². The fraction of sp³-hybridized carbons (Fsp3) is 0.105. The number of carbonyl (C=O) groups excluding carboxylic acids is 2. The van der Waals surface area contributed by atoms with Gasteiger partial charge in [0.05, 0.1) is 11.4 Å². The van der Waals surface area contributed by atoms with E-state index in [0.717, 1.165) is 21.8 Å². The molecule has 2 aromatic carbocycles. The number of halogens is 1. The number of carbonyl (C=O) groups is 3. The summed E-state index contributed by atoms with van der Waals surface area (Å²) >= 11 is 4.26. The largest absolute Gasteiger partial charge is 0.481 e. The molecule has 138 valence electrons. The highest BCUT2D eigenvalue weighted by molar-refractivity contribution is 9.10. The molecule has 0 bridgehead atoms. The lowest BCUT2D eigenvalue weighted by molar-refractivity contribution is -0.139. The third kappa shape index (κ3) is 4.58. The molecule has 0 spiro atoms. The van der Waals surface area contributed by atoms with E-state index in [1.807, 2.05) is 24.3 Å². The van der Waals surface area contributed by atoms with E-state index in [2.05, 4.69) is 15.9 Å². The molecule has 1 saturated heterocycles. The molecule has 0 atom stereocenters. The third-order valence-corrected chi connectivity index (χ3v) is 5.40. The lowest BCUT2D eigenvalue weighted by Gasteiger charge is -2.13. The van der Waals surface area contributed by atoms with Crippen LogP contribution in [0.15, 0.2) is 57.9 Å². The predicted octanol–water partition coefficient (Wildman–Crippen LogP) is 4.15. The standard InChI is InChI=1S/C19H14BrNO5S/c20-14-7-3-1-6-13(14)10-21-18(24)16(27-19(21)25)9-12-5-2-4-8-15(12)26-11-17(22)23/h1-9H,10-11H2,(H,22,23)/b16-9-. The molecule has 27 heavy (non-hydrogen) atoms. The second kappa shape index (κ2) is 8.41. The molecule has 1 heterocycles. The van der Waals surface area contributed by atoms with Crippen molar-refractivity contribution in [3.05, 3.63) is 69.0 Å². The van der Waals surface area contributed by atoms with Gasteiger partial charge in [-0.05, 0) is 35.5 Å². The highest BCUT2D eigenvalue weighted by Gasteiger charge is 2.35. The average molecular weight is 448 g/mol. The lowest BCUT2D eigenvalue weighted by atomic mass is 10.1. The number of thioether (sulfide) groups is 1. The Morgan fingerprint density at radius 1 is 1.15 bits per heavy atom. The summed E-state index contributed by atoms with van der Waals surface area (Å²) in [5.74, 6) is -1.16. The molecule has 2 aromatic rings. The van der Waals surface area contributed by atoms with E-state index < -0.39 is 18.5 Å². The fourth-order valence-corrected chi connectivity index (χ4v) is 3.68. The van der Waals surface area contributed by atoms with Crippen molar-refractivity contribution >= 4 is 50.9 Å². The minimum atomic E-state index is -1.10. The second-order valence-corrected chi connectivity index (χ2v) is 7.43. The number of imide groups is 1. The molecule has 6 nitrogen and oxygen atoms in total. The maximum atomic E-state index is 12.7. The van der Waals surface area contributed by atoms with Crippen molar-refractivity contribution in [2.75, 3.05) is 6.61 Å². The van der Waals surface area contributed by atoms with Gasteiger partial charge >= 0.3 is 5.97 Å². The number of nitrogens with zero attached hydrogens (tertiary/aromatic N) is 1. The molecule has 1 N–H and O–H groups in total. The van der Waals surface area contributed by atoms with Crippen LogP contribution in [0.3, 0.4) is 0 Å². The number of benzene rings is 2. The zero-order chi connectivity index (χ0) is 19.4. The number of amides is 2. The van der Waals surface area contributed by atoms with E-state index >= 15 is 0 Å². The summed E-state index contributed by atoms with van der Waals surface area (Å²) < 4.78 is 6.06. The van der Waals surface area contributed by atoms with Crippen molar-refractivity contribution in [3.63, 3.8) is 0 Å². The molecule has 0 saturated carbocycles. The van der Waals surface area contributed by atoms with Gasteiger partial charge in [-0.2, -0.15) is 0 Å². The lowest BCUT2D eigenvalue weighted by Crippen LogP contribution is -2.27. The van der Waals surface area contributed by atoms with E-state index in [1.165, 1.54) is 4.90 Å². The fourth-order valence-electron chi connectivity index (χ4n) is 2.45. The second-order valence-electron chi connectivity index (χ2n) is 5.58. The Balaban J connectivity index is 1.83. The first-order valence-corrected chi connectivity index (χ1v) is 9.49. The number of ether oxygens (including phenoxy) is 1. The predicted molar refractivity (Wildman–Crippen MR) is 105 cm³/mol. The van der Waals surface area contributed by atoms with Gasteiger partial charge in [-0.1, -0.05) is 52.3 Å². The van der Waals surface area contributed by atoms with Crippen molar-refractivity contribution in [3.8, 4) is 5.75 Å². The van der Waals surface area contributed by atoms with Crippen molar-refractivity contribution in [2.45, 2.75) is 6.54 Å². The molecule has 1 fully saturated rings. The molecule has 8 heteroatoms. The van der Waals surface area contributed by atoms with E-state index in [-0.39, 0.29) is 16.7 Å². The molecular formula is C19H14BrNO5S. The number of aliphatic carboxylic acids is 1. The molecule has 0 aliphatic carbocycles. The topological polar surface area (TPSA) is 83.9 Å². The summed E-state index contributed by atoms with van der Waals surface area (Å²) in [5, 5.41) is 8.41. The van der Waals surface area contributed by atoms with Gasteiger partial charge in [0.1, 0.15) is 5.75 Å². The van der Waals surface area contributed by atoms with Gasteiger partial charge in [-0.15, -0.1) is 0 Å². The van der Waals surface area contributed by atoms with Gasteiger partial charge in [-0.3, -0.25) is 14.5 Å². The van der Waals surface area contributed by atoms with Crippen LogP contribution in [0.4, 0.5) is 4.79 Å². The highest BCUT2D eigenvalue weighted by Crippen LogP contribution is 2.35. The minimum absolute atomic E-state index is 0.167. The van der Waals surface area contributed by atoms with Gasteiger partial charge in [0.25, 0.3) is 11.1 Å². The van der Waals surface area contributed by atoms with Crippen LogP contribution >= 0.6 is 27.7 Å². The van der Waals surface area contributed by atoms with E-state index in [1.54, 1.807) is 30.3 Å². The van der Waals surface area contributed by atoms with Gasteiger partial charge in [0, 0.05) is 10.0 Å². The van der Waals surface area contributed by atoms with Crippen LogP contribution < -0.4 is 4.74 Å². The summed E-state index contributed by atoms with van der Waals surface area (Å²) in [6, 6.07) is 14.1. The van der Waals surface area contributed by atoms with Crippen LogP contribution in [0.5, 0.6) is 5.75 Å². The molecule has 1 aliphatic heterocycles. The molecule has 1 aliphatic rings. The van der Waals surface area contributed by atoms with E-state index in [9.17, 15) is 14.4 Å². The number of carboxylic acid groups (broad SMARTS) is 1.